The van der Waals surface area contributed by atoms with Gasteiger partial charge in [-0.1, -0.05) is 46.3 Å². The fourth-order valence-electron chi connectivity index (χ4n) is 2.01. The number of carbonyl (C=O) groups is 1. The van der Waals surface area contributed by atoms with Crippen LogP contribution in [0.3, 0.4) is 0 Å². The number of nitrogens with zero attached hydrogens (tertiary/aromatic N) is 1. The van der Waals surface area contributed by atoms with Crippen LogP contribution in [-0.2, 0) is 11.3 Å². The number of carbonyl (C=O) groups excluding carboxylic acids is 1. The van der Waals surface area contributed by atoms with Gasteiger partial charge in [-0.2, -0.15) is 0 Å². The van der Waals surface area contributed by atoms with Gasteiger partial charge in [0.2, 0.25) is 5.91 Å². The van der Waals surface area contributed by atoms with Gasteiger partial charge < -0.3 is 10.6 Å². The monoisotopic (exact) mass is 377 g/mol. The molecule has 2 rings (SSSR count). The van der Waals surface area contributed by atoms with Crippen molar-refractivity contribution in [2.24, 2.45) is 0 Å². The van der Waals surface area contributed by atoms with E-state index < -0.39 is 11.0 Å². The predicted molar refractivity (Wildman–Crippen MR) is 92.2 cm³/mol. The minimum Gasteiger partial charge on any atom is -0.368 e. The van der Waals surface area contributed by atoms with Crippen molar-refractivity contribution in [1.82, 2.24) is 5.32 Å². The largest absolute Gasteiger partial charge is 0.368 e. The van der Waals surface area contributed by atoms with E-state index in [2.05, 4.69) is 26.6 Å². The van der Waals surface area contributed by atoms with E-state index in [0.29, 0.717) is 16.7 Å². The van der Waals surface area contributed by atoms with Gasteiger partial charge in [-0.25, -0.2) is 0 Å². The number of amides is 1. The van der Waals surface area contributed by atoms with E-state index in [4.69, 9.17) is 0 Å². The van der Waals surface area contributed by atoms with Crippen LogP contribution in [0.15, 0.2) is 53.0 Å². The van der Waals surface area contributed by atoms with Crippen molar-refractivity contribution in [2.45, 2.75) is 19.5 Å². The molecule has 0 bridgehead atoms. The minimum absolute atomic E-state index is 0.0814. The van der Waals surface area contributed by atoms with Crippen molar-refractivity contribution in [3.63, 3.8) is 0 Å². The van der Waals surface area contributed by atoms with Gasteiger partial charge in [0.05, 0.1) is 4.92 Å². The number of halogens is 1. The van der Waals surface area contributed by atoms with Crippen LogP contribution in [0.4, 0.5) is 11.4 Å². The normalized spacial score (nSPS) is 11.6. The summed E-state index contributed by atoms with van der Waals surface area (Å²) in [5, 5.41) is 16.8. The molecule has 120 valence electrons. The van der Waals surface area contributed by atoms with E-state index in [9.17, 15) is 14.9 Å². The van der Waals surface area contributed by atoms with E-state index >= 15 is 0 Å². The van der Waals surface area contributed by atoms with E-state index in [0.717, 1.165) is 5.56 Å². The molecule has 0 spiro atoms. The van der Waals surface area contributed by atoms with E-state index in [1.165, 1.54) is 6.07 Å². The highest BCUT2D eigenvalue weighted by atomic mass is 79.9. The van der Waals surface area contributed by atoms with Crippen molar-refractivity contribution >= 4 is 33.2 Å². The number of nitro benzene ring substituents is 1. The Morgan fingerprint density at radius 1 is 1.26 bits per heavy atom. The molecular weight excluding hydrogens is 362 g/mol. The minimum atomic E-state index is -0.599. The fourth-order valence-corrected chi connectivity index (χ4v) is 2.36. The fraction of sp³-hybridized carbons (Fsp3) is 0.188. The van der Waals surface area contributed by atoms with Gasteiger partial charge in [0.25, 0.3) is 5.69 Å². The summed E-state index contributed by atoms with van der Waals surface area (Å²) in [4.78, 5) is 22.7. The molecule has 6 nitrogen and oxygen atoms in total. The third-order valence-corrected chi connectivity index (χ3v) is 3.72. The lowest BCUT2D eigenvalue weighted by Gasteiger charge is -2.15. The van der Waals surface area contributed by atoms with E-state index in [1.807, 2.05) is 30.3 Å². The zero-order valence-corrected chi connectivity index (χ0v) is 14.0. The molecule has 0 saturated carbocycles. The number of nitrogens with one attached hydrogen (secondary N) is 2. The average molecular weight is 378 g/mol. The Kier molecular flexibility index (Phi) is 5.70. The smallest absolute Gasteiger partial charge is 0.293 e. The molecule has 0 fully saturated rings. The molecule has 23 heavy (non-hydrogen) atoms. The second kappa shape index (κ2) is 7.73. The highest BCUT2D eigenvalue weighted by molar-refractivity contribution is 9.10. The Bertz CT molecular complexity index is 707. The summed E-state index contributed by atoms with van der Waals surface area (Å²) in [6.07, 6.45) is 0. The number of anilines is 1. The van der Waals surface area contributed by atoms with Gasteiger partial charge in [-0.15, -0.1) is 0 Å². The van der Waals surface area contributed by atoms with Crippen LogP contribution in [0.5, 0.6) is 0 Å². The topological polar surface area (TPSA) is 84.3 Å². The molecule has 0 saturated heterocycles. The first-order valence-corrected chi connectivity index (χ1v) is 7.79. The molecule has 0 aliphatic carbocycles. The third kappa shape index (κ3) is 4.79. The van der Waals surface area contributed by atoms with Gasteiger partial charge in [-0.3, -0.25) is 14.9 Å². The standard InChI is InChI=1S/C16H16BrN3O3/c1-11(16(21)18-10-12-5-3-2-4-6-12)19-14-8-7-13(17)9-15(14)20(22)23/h2-9,11,19H,10H2,1H3,(H,18,21). The van der Waals surface area contributed by atoms with Crippen molar-refractivity contribution in [3.8, 4) is 0 Å². The molecule has 0 aliphatic rings. The Morgan fingerprint density at radius 3 is 2.61 bits per heavy atom. The lowest BCUT2D eigenvalue weighted by molar-refractivity contribution is -0.384. The molecule has 0 heterocycles. The molecule has 1 amide bonds. The quantitative estimate of drug-likeness (QED) is 0.596. The summed E-state index contributed by atoms with van der Waals surface area (Å²) < 4.78 is 0.607. The molecule has 0 radical (unpaired) electrons. The summed E-state index contributed by atoms with van der Waals surface area (Å²) in [6, 6.07) is 13.6. The molecule has 0 aromatic heterocycles. The Balaban J connectivity index is 2.00. The first-order chi connectivity index (χ1) is 11.0. The van der Waals surface area contributed by atoms with Crippen molar-refractivity contribution in [1.29, 1.82) is 0 Å². The molecular formula is C16H16BrN3O3. The summed E-state index contributed by atoms with van der Waals surface area (Å²) in [7, 11) is 0. The van der Waals surface area contributed by atoms with Gasteiger partial charge in [0.1, 0.15) is 11.7 Å². The van der Waals surface area contributed by atoms with Crippen LogP contribution in [0.25, 0.3) is 0 Å². The second-order valence-electron chi connectivity index (χ2n) is 4.99. The van der Waals surface area contributed by atoms with E-state index in [1.54, 1.807) is 19.1 Å². The summed E-state index contributed by atoms with van der Waals surface area (Å²) in [5.74, 6) is -0.230. The highest BCUT2D eigenvalue weighted by Gasteiger charge is 2.19. The highest BCUT2D eigenvalue weighted by Crippen LogP contribution is 2.28. The van der Waals surface area contributed by atoms with Crippen LogP contribution < -0.4 is 10.6 Å². The molecule has 7 heteroatoms. The van der Waals surface area contributed by atoms with Crippen molar-refractivity contribution in [3.05, 3.63) is 68.7 Å². The van der Waals surface area contributed by atoms with Crippen LogP contribution in [0.2, 0.25) is 0 Å². The van der Waals surface area contributed by atoms with Crippen LogP contribution in [0.1, 0.15) is 12.5 Å². The summed E-state index contributed by atoms with van der Waals surface area (Å²) in [5.41, 5.74) is 1.21. The number of hydrogen-bond donors (Lipinski definition) is 2. The predicted octanol–water partition coefficient (Wildman–Crippen LogP) is 3.47. The molecule has 0 aliphatic heterocycles. The Labute approximate surface area is 142 Å². The zero-order chi connectivity index (χ0) is 16.8. The molecule has 2 aromatic rings. The zero-order valence-electron chi connectivity index (χ0n) is 12.5. The Morgan fingerprint density at radius 2 is 1.96 bits per heavy atom. The first kappa shape index (κ1) is 17.0. The lowest BCUT2D eigenvalue weighted by atomic mass is 10.2. The van der Waals surface area contributed by atoms with Gasteiger partial charge >= 0.3 is 0 Å². The maximum atomic E-state index is 12.1. The second-order valence-corrected chi connectivity index (χ2v) is 5.90. The maximum Gasteiger partial charge on any atom is 0.293 e. The molecule has 2 aromatic carbocycles. The summed E-state index contributed by atoms with van der Waals surface area (Å²) >= 11 is 3.20. The van der Waals surface area contributed by atoms with Crippen LogP contribution in [-0.4, -0.2) is 16.9 Å². The van der Waals surface area contributed by atoms with Crippen molar-refractivity contribution in [2.75, 3.05) is 5.32 Å². The molecule has 1 unspecified atom stereocenters. The van der Waals surface area contributed by atoms with Crippen LogP contribution in [0, 0.1) is 10.1 Å². The average Bonchev–Trinajstić information content (AvgIpc) is 2.55. The molecule has 2 N–H and O–H groups in total. The van der Waals surface area contributed by atoms with E-state index in [-0.39, 0.29) is 11.6 Å². The number of rotatable bonds is 6. The lowest BCUT2D eigenvalue weighted by Crippen LogP contribution is -2.37. The maximum absolute atomic E-state index is 12.1. The molecule has 1 atom stereocenters. The van der Waals surface area contributed by atoms with Crippen LogP contribution >= 0.6 is 15.9 Å². The number of nitro groups is 1. The van der Waals surface area contributed by atoms with Gasteiger partial charge in [0.15, 0.2) is 0 Å². The first-order valence-electron chi connectivity index (χ1n) is 6.99. The summed E-state index contributed by atoms with van der Waals surface area (Å²) in [6.45, 7) is 2.07. The van der Waals surface area contributed by atoms with Crippen molar-refractivity contribution < 1.29 is 9.72 Å². The third-order valence-electron chi connectivity index (χ3n) is 3.23. The SMILES string of the molecule is CC(Nc1ccc(Br)cc1[N+](=O)[O-])C(=O)NCc1ccccc1. The number of hydrogen-bond acceptors (Lipinski definition) is 4. The Hall–Kier alpha value is -2.41. The van der Waals surface area contributed by atoms with Gasteiger partial charge in [-0.05, 0) is 24.6 Å². The number of benzene rings is 2. The van der Waals surface area contributed by atoms with Gasteiger partial charge in [0, 0.05) is 17.1 Å².